The Morgan fingerprint density at radius 1 is 1.23 bits per heavy atom. The fraction of sp³-hybridized carbons (Fsp3) is 0.462. The van der Waals surface area contributed by atoms with E-state index in [2.05, 4.69) is 56.6 Å². The summed E-state index contributed by atoms with van der Waals surface area (Å²) >= 11 is 0. The molecule has 1 heterocycles. The smallest absolute Gasteiger partial charge is 0.338 e. The number of nitrogens with zero attached hydrogens (tertiary/aromatic N) is 2. The maximum atomic E-state index is 11.8. The first-order chi connectivity index (χ1) is 14.3. The Bertz CT molecular complexity index is 929. The third kappa shape index (κ3) is 4.58. The number of hydrogen-bond donors (Lipinski definition) is 0. The molecule has 1 atom stereocenters. The Labute approximate surface area is 181 Å². The van der Waals surface area contributed by atoms with E-state index in [0.717, 1.165) is 30.6 Å². The maximum absolute atomic E-state index is 11.8. The Kier molecular flexibility index (Phi) is 6.64. The highest BCUT2D eigenvalue weighted by atomic mass is 16.5. The molecule has 160 valence electrons. The van der Waals surface area contributed by atoms with Crippen molar-refractivity contribution in [2.75, 3.05) is 18.1 Å². The summed E-state index contributed by atoms with van der Waals surface area (Å²) in [6, 6.07) is 11.9. The van der Waals surface area contributed by atoms with E-state index in [1.54, 1.807) is 19.1 Å². The van der Waals surface area contributed by atoms with E-state index in [0.29, 0.717) is 18.1 Å². The molecule has 1 unspecified atom stereocenters. The zero-order chi connectivity index (χ0) is 21.9. The van der Waals surface area contributed by atoms with Gasteiger partial charge in [-0.2, -0.15) is 0 Å². The molecule has 30 heavy (non-hydrogen) atoms. The summed E-state index contributed by atoms with van der Waals surface area (Å²) in [6.07, 6.45) is 4.22. The minimum Gasteiger partial charge on any atom is -0.462 e. The topological polar surface area (TPSA) is 41.9 Å². The van der Waals surface area contributed by atoms with Crippen molar-refractivity contribution in [2.45, 2.75) is 65.8 Å². The molecule has 4 nitrogen and oxygen atoms in total. The van der Waals surface area contributed by atoms with Crippen LogP contribution in [0, 0.1) is 6.92 Å². The summed E-state index contributed by atoms with van der Waals surface area (Å²) in [6.45, 7) is 14.7. The van der Waals surface area contributed by atoms with Gasteiger partial charge in [0.25, 0.3) is 0 Å². The number of benzene rings is 2. The number of rotatable bonds is 6. The van der Waals surface area contributed by atoms with Crippen molar-refractivity contribution >= 4 is 23.6 Å². The number of carbonyl (C=O) groups is 1. The highest BCUT2D eigenvalue weighted by Gasteiger charge is 2.36. The van der Waals surface area contributed by atoms with E-state index in [4.69, 9.17) is 4.74 Å². The second kappa shape index (κ2) is 9.03. The lowest BCUT2D eigenvalue weighted by Gasteiger charge is -2.48. The van der Waals surface area contributed by atoms with Crippen LogP contribution in [-0.4, -0.2) is 30.9 Å². The van der Waals surface area contributed by atoms with E-state index in [1.807, 2.05) is 18.3 Å². The minimum absolute atomic E-state index is 0.172. The van der Waals surface area contributed by atoms with E-state index < -0.39 is 0 Å². The third-order valence-electron chi connectivity index (χ3n) is 5.95. The van der Waals surface area contributed by atoms with Gasteiger partial charge in [0.05, 0.1) is 17.9 Å². The van der Waals surface area contributed by atoms with Crippen LogP contribution in [0.5, 0.6) is 0 Å². The second-order valence-electron chi connectivity index (χ2n) is 8.86. The Morgan fingerprint density at radius 3 is 2.57 bits per heavy atom. The zero-order valence-corrected chi connectivity index (χ0v) is 19.2. The number of anilines is 1. The SMILES string of the molecule is CCCN1c2cc(C)c(C=Nc3ccc(C(=O)OCC)cc3)cc2C(C)CC1(C)C. The van der Waals surface area contributed by atoms with Crippen LogP contribution in [0.15, 0.2) is 41.4 Å². The summed E-state index contributed by atoms with van der Waals surface area (Å²) in [4.78, 5) is 19.0. The van der Waals surface area contributed by atoms with Crippen molar-refractivity contribution in [3.8, 4) is 0 Å². The molecule has 0 amide bonds. The first kappa shape index (κ1) is 22.1. The number of ether oxygens (including phenoxy) is 1. The van der Waals surface area contributed by atoms with Crippen molar-refractivity contribution in [1.29, 1.82) is 0 Å². The average molecular weight is 407 g/mol. The highest BCUT2D eigenvalue weighted by Crippen LogP contribution is 2.44. The molecule has 3 rings (SSSR count). The summed E-state index contributed by atoms with van der Waals surface area (Å²) in [5, 5.41) is 0. The first-order valence-electron chi connectivity index (χ1n) is 11.0. The van der Waals surface area contributed by atoms with Crippen molar-refractivity contribution in [1.82, 2.24) is 0 Å². The van der Waals surface area contributed by atoms with Crippen molar-refractivity contribution in [3.05, 3.63) is 58.7 Å². The molecule has 1 aliphatic heterocycles. The van der Waals surface area contributed by atoms with Crippen LogP contribution in [-0.2, 0) is 4.74 Å². The van der Waals surface area contributed by atoms with Crippen LogP contribution in [0.4, 0.5) is 11.4 Å². The molecule has 0 saturated heterocycles. The maximum Gasteiger partial charge on any atom is 0.338 e. The number of hydrogen-bond acceptors (Lipinski definition) is 4. The molecule has 0 saturated carbocycles. The van der Waals surface area contributed by atoms with Gasteiger partial charge >= 0.3 is 5.97 Å². The number of carbonyl (C=O) groups excluding carboxylic acids is 1. The van der Waals surface area contributed by atoms with Gasteiger partial charge in [0.1, 0.15) is 0 Å². The molecule has 0 spiro atoms. The van der Waals surface area contributed by atoms with Crippen LogP contribution in [0.2, 0.25) is 0 Å². The Balaban J connectivity index is 1.88. The predicted molar refractivity (Wildman–Crippen MR) is 126 cm³/mol. The van der Waals surface area contributed by atoms with Crippen LogP contribution < -0.4 is 4.90 Å². The summed E-state index contributed by atoms with van der Waals surface area (Å²) in [7, 11) is 0. The summed E-state index contributed by atoms with van der Waals surface area (Å²) in [5.74, 6) is 0.215. The molecular weight excluding hydrogens is 372 g/mol. The van der Waals surface area contributed by atoms with Crippen LogP contribution in [0.25, 0.3) is 0 Å². The number of esters is 1. The van der Waals surface area contributed by atoms with Gasteiger partial charge in [-0.15, -0.1) is 0 Å². The van der Waals surface area contributed by atoms with Gasteiger partial charge < -0.3 is 9.64 Å². The van der Waals surface area contributed by atoms with Gasteiger partial charge in [-0.1, -0.05) is 13.8 Å². The number of fused-ring (bicyclic) bond motifs is 1. The lowest BCUT2D eigenvalue weighted by Crippen LogP contribution is -2.48. The monoisotopic (exact) mass is 406 g/mol. The van der Waals surface area contributed by atoms with E-state index in [-0.39, 0.29) is 11.5 Å². The van der Waals surface area contributed by atoms with Crippen molar-refractivity contribution in [2.24, 2.45) is 4.99 Å². The molecular formula is C26H34N2O2. The van der Waals surface area contributed by atoms with Gasteiger partial charge in [-0.3, -0.25) is 4.99 Å². The lowest BCUT2D eigenvalue weighted by atomic mass is 9.79. The van der Waals surface area contributed by atoms with Gasteiger partial charge in [-0.25, -0.2) is 4.79 Å². The molecule has 0 bridgehead atoms. The number of aryl methyl sites for hydroxylation is 1. The minimum atomic E-state index is -0.299. The zero-order valence-electron chi connectivity index (χ0n) is 19.2. The Hall–Kier alpha value is -2.62. The summed E-state index contributed by atoms with van der Waals surface area (Å²) in [5.41, 5.74) is 6.69. The fourth-order valence-electron chi connectivity index (χ4n) is 4.48. The second-order valence-corrected chi connectivity index (χ2v) is 8.86. The van der Waals surface area contributed by atoms with Gasteiger partial charge in [0.2, 0.25) is 0 Å². The van der Waals surface area contributed by atoms with E-state index in [9.17, 15) is 4.79 Å². The summed E-state index contributed by atoms with van der Waals surface area (Å²) < 4.78 is 5.03. The first-order valence-corrected chi connectivity index (χ1v) is 11.0. The Morgan fingerprint density at radius 2 is 1.93 bits per heavy atom. The largest absolute Gasteiger partial charge is 0.462 e. The molecule has 2 aromatic carbocycles. The van der Waals surface area contributed by atoms with E-state index >= 15 is 0 Å². The highest BCUT2D eigenvalue weighted by molar-refractivity contribution is 5.90. The standard InChI is InChI=1S/C26H34N2O2/c1-7-13-28-24-14-18(3)21(15-23(24)19(4)16-26(28,5)6)17-27-22-11-9-20(10-12-22)25(29)30-8-2/h9-12,14-15,17,19H,7-8,13,16H2,1-6H3. The molecule has 0 fully saturated rings. The van der Waals surface area contributed by atoms with Gasteiger partial charge in [-0.05, 0) is 99.5 Å². The van der Waals surface area contributed by atoms with Gasteiger partial charge in [0.15, 0.2) is 0 Å². The van der Waals surface area contributed by atoms with Crippen molar-refractivity contribution in [3.63, 3.8) is 0 Å². The van der Waals surface area contributed by atoms with Crippen LogP contribution in [0.1, 0.15) is 80.4 Å². The van der Waals surface area contributed by atoms with Crippen molar-refractivity contribution < 1.29 is 9.53 Å². The molecule has 4 heteroatoms. The molecule has 0 N–H and O–H groups in total. The quantitative estimate of drug-likeness (QED) is 0.410. The third-order valence-corrected chi connectivity index (χ3v) is 5.95. The number of aliphatic imine (C=N–C) groups is 1. The molecule has 1 aliphatic rings. The fourth-order valence-corrected chi connectivity index (χ4v) is 4.48. The predicted octanol–water partition coefficient (Wildman–Crippen LogP) is 6.42. The molecule has 2 aromatic rings. The van der Waals surface area contributed by atoms with Crippen LogP contribution in [0.3, 0.4) is 0 Å². The molecule has 0 radical (unpaired) electrons. The molecule has 0 aliphatic carbocycles. The normalized spacial score (nSPS) is 17.8. The lowest BCUT2D eigenvalue weighted by molar-refractivity contribution is 0.0526. The molecule has 0 aromatic heterocycles. The van der Waals surface area contributed by atoms with E-state index in [1.165, 1.54) is 16.8 Å². The average Bonchev–Trinajstić information content (AvgIpc) is 2.70. The van der Waals surface area contributed by atoms with Crippen LogP contribution >= 0.6 is 0 Å². The van der Waals surface area contributed by atoms with Gasteiger partial charge in [0, 0.05) is 24.0 Å².